The van der Waals surface area contributed by atoms with E-state index in [1.165, 1.54) is 5.56 Å². The van der Waals surface area contributed by atoms with E-state index < -0.39 is 0 Å². The standard InChI is InChI=1S/C16H19N3O2/c1-12-9-10-17-15(14(12)19(20)21)18-11-16(2,3)13-7-5-4-6-8-13/h4-10H,11H2,1-3H3,(H,17,18). The molecule has 1 aromatic carbocycles. The number of nitro groups is 1. The first-order valence-electron chi connectivity index (χ1n) is 6.81. The minimum atomic E-state index is -0.389. The third-order valence-corrected chi connectivity index (χ3v) is 3.56. The van der Waals surface area contributed by atoms with Crippen LogP contribution in [0, 0.1) is 17.0 Å². The Morgan fingerprint density at radius 3 is 2.52 bits per heavy atom. The minimum absolute atomic E-state index is 0.0429. The molecule has 110 valence electrons. The second-order valence-electron chi connectivity index (χ2n) is 5.69. The summed E-state index contributed by atoms with van der Waals surface area (Å²) in [6, 6.07) is 11.7. The molecule has 1 heterocycles. The molecule has 0 saturated carbocycles. The highest BCUT2D eigenvalue weighted by atomic mass is 16.6. The molecule has 0 aliphatic heterocycles. The van der Waals surface area contributed by atoms with E-state index in [4.69, 9.17) is 0 Å². The van der Waals surface area contributed by atoms with Crippen LogP contribution in [0.4, 0.5) is 11.5 Å². The van der Waals surface area contributed by atoms with Gasteiger partial charge in [-0.3, -0.25) is 10.1 Å². The van der Waals surface area contributed by atoms with Crippen LogP contribution in [0.25, 0.3) is 0 Å². The van der Waals surface area contributed by atoms with Crippen molar-refractivity contribution in [3.63, 3.8) is 0 Å². The van der Waals surface area contributed by atoms with Crippen LogP contribution in [0.15, 0.2) is 42.6 Å². The molecule has 0 aliphatic carbocycles. The molecule has 0 fully saturated rings. The molecule has 0 amide bonds. The summed E-state index contributed by atoms with van der Waals surface area (Å²) in [7, 11) is 0. The van der Waals surface area contributed by atoms with E-state index in [1.807, 2.05) is 18.2 Å². The number of aryl methyl sites for hydroxylation is 1. The molecule has 21 heavy (non-hydrogen) atoms. The summed E-state index contributed by atoms with van der Waals surface area (Å²) in [5, 5.41) is 14.3. The van der Waals surface area contributed by atoms with E-state index in [1.54, 1.807) is 19.2 Å². The van der Waals surface area contributed by atoms with Crippen molar-refractivity contribution in [1.29, 1.82) is 0 Å². The number of hydrogen-bond donors (Lipinski definition) is 1. The van der Waals surface area contributed by atoms with Crippen molar-refractivity contribution in [3.05, 3.63) is 63.8 Å². The normalized spacial score (nSPS) is 11.2. The summed E-state index contributed by atoms with van der Waals surface area (Å²) in [5.74, 6) is 0.323. The smallest absolute Gasteiger partial charge is 0.314 e. The first-order chi connectivity index (χ1) is 9.92. The lowest BCUT2D eigenvalue weighted by molar-refractivity contribution is -0.384. The van der Waals surface area contributed by atoms with Gasteiger partial charge in [0.05, 0.1) is 4.92 Å². The SMILES string of the molecule is Cc1ccnc(NCC(C)(C)c2ccccc2)c1[N+](=O)[O-]. The topological polar surface area (TPSA) is 68.1 Å². The molecular formula is C16H19N3O2. The molecule has 5 nitrogen and oxygen atoms in total. The number of rotatable bonds is 5. The third kappa shape index (κ3) is 3.37. The number of pyridine rings is 1. The van der Waals surface area contributed by atoms with Crippen LogP contribution in [-0.2, 0) is 5.41 Å². The number of hydrogen-bond acceptors (Lipinski definition) is 4. The quantitative estimate of drug-likeness (QED) is 0.672. The van der Waals surface area contributed by atoms with Gasteiger partial charge in [-0.05, 0) is 18.6 Å². The van der Waals surface area contributed by atoms with Crippen molar-refractivity contribution in [2.75, 3.05) is 11.9 Å². The summed E-state index contributed by atoms with van der Waals surface area (Å²) < 4.78 is 0. The molecule has 2 aromatic rings. The van der Waals surface area contributed by atoms with E-state index in [0.29, 0.717) is 17.9 Å². The van der Waals surface area contributed by atoms with Crippen molar-refractivity contribution < 1.29 is 4.92 Å². The molecular weight excluding hydrogens is 266 g/mol. The van der Waals surface area contributed by atoms with Gasteiger partial charge >= 0.3 is 5.69 Å². The summed E-state index contributed by atoms with van der Waals surface area (Å²) in [4.78, 5) is 14.9. The number of nitrogens with one attached hydrogen (secondary N) is 1. The first kappa shape index (κ1) is 15.0. The average Bonchev–Trinajstić information content (AvgIpc) is 2.46. The second-order valence-corrected chi connectivity index (χ2v) is 5.69. The molecule has 5 heteroatoms. The van der Waals surface area contributed by atoms with E-state index in [-0.39, 0.29) is 16.0 Å². The predicted octanol–water partition coefficient (Wildman–Crippen LogP) is 3.69. The van der Waals surface area contributed by atoms with E-state index in [9.17, 15) is 10.1 Å². The maximum Gasteiger partial charge on any atom is 0.314 e. The maximum absolute atomic E-state index is 11.2. The Bertz CT molecular complexity index is 639. The van der Waals surface area contributed by atoms with Gasteiger partial charge in [-0.15, -0.1) is 0 Å². The van der Waals surface area contributed by atoms with Crippen molar-refractivity contribution >= 4 is 11.5 Å². The van der Waals surface area contributed by atoms with Crippen LogP contribution >= 0.6 is 0 Å². The van der Waals surface area contributed by atoms with Gasteiger partial charge in [-0.25, -0.2) is 4.98 Å². The minimum Gasteiger partial charge on any atom is -0.363 e. The van der Waals surface area contributed by atoms with Gasteiger partial charge in [0.25, 0.3) is 0 Å². The largest absolute Gasteiger partial charge is 0.363 e. The molecule has 0 unspecified atom stereocenters. The molecule has 1 aromatic heterocycles. The van der Waals surface area contributed by atoms with Gasteiger partial charge in [0, 0.05) is 23.7 Å². The van der Waals surface area contributed by atoms with Crippen LogP contribution in [0.1, 0.15) is 25.0 Å². The molecule has 1 N–H and O–H groups in total. The van der Waals surface area contributed by atoms with Crippen LogP contribution < -0.4 is 5.32 Å². The number of benzene rings is 1. The Hall–Kier alpha value is -2.43. The van der Waals surface area contributed by atoms with Crippen molar-refractivity contribution in [2.45, 2.75) is 26.2 Å². The summed E-state index contributed by atoms with van der Waals surface area (Å²) in [5.41, 5.74) is 1.67. The zero-order valence-corrected chi connectivity index (χ0v) is 12.5. The molecule has 2 rings (SSSR count). The molecule has 0 atom stereocenters. The van der Waals surface area contributed by atoms with E-state index in [0.717, 1.165) is 0 Å². The van der Waals surface area contributed by atoms with E-state index in [2.05, 4.69) is 36.3 Å². The zero-order chi connectivity index (χ0) is 15.5. The molecule has 0 radical (unpaired) electrons. The Labute approximate surface area is 124 Å². The Morgan fingerprint density at radius 1 is 1.24 bits per heavy atom. The highest BCUT2D eigenvalue weighted by molar-refractivity contribution is 5.60. The molecule has 0 aliphatic rings. The fourth-order valence-corrected chi connectivity index (χ4v) is 2.21. The monoisotopic (exact) mass is 285 g/mol. The number of anilines is 1. The Balaban J connectivity index is 2.21. The fourth-order valence-electron chi connectivity index (χ4n) is 2.21. The lowest BCUT2D eigenvalue weighted by atomic mass is 9.84. The first-order valence-corrected chi connectivity index (χ1v) is 6.81. The number of aromatic nitrogens is 1. The van der Waals surface area contributed by atoms with Gasteiger partial charge < -0.3 is 5.32 Å². The van der Waals surface area contributed by atoms with Gasteiger partial charge in [0.1, 0.15) is 0 Å². The van der Waals surface area contributed by atoms with Crippen molar-refractivity contribution in [2.24, 2.45) is 0 Å². The third-order valence-electron chi connectivity index (χ3n) is 3.56. The van der Waals surface area contributed by atoms with Crippen LogP contribution in [-0.4, -0.2) is 16.5 Å². The fraction of sp³-hybridized carbons (Fsp3) is 0.312. The predicted molar refractivity (Wildman–Crippen MR) is 83.6 cm³/mol. The molecule has 0 bridgehead atoms. The van der Waals surface area contributed by atoms with Gasteiger partial charge in [0.15, 0.2) is 0 Å². The summed E-state index contributed by atoms with van der Waals surface area (Å²) in [6.07, 6.45) is 1.58. The van der Waals surface area contributed by atoms with Gasteiger partial charge in [0.2, 0.25) is 5.82 Å². The lowest BCUT2D eigenvalue weighted by Gasteiger charge is -2.25. The summed E-state index contributed by atoms with van der Waals surface area (Å²) >= 11 is 0. The van der Waals surface area contributed by atoms with Crippen LogP contribution in [0.3, 0.4) is 0 Å². The van der Waals surface area contributed by atoms with Crippen molar-refractivity contribution in [1.82, 2.24) is 4.98 Å². The molecule has 0 spiro atoms. The lowest BCUT2D eigenvalue weighted by Crippen LogP contribution is -2.28. The average molecular weight is 285 g/mol. The maximum atomic E-state index is 11.2. The van der Waals surface area contributed by atoms with Gasteiger partial charge in [-0.2, -0.15) is 0 Å². The van der Waals surface area contributed by atoms with Crippen LogP contribution in [0.5, 0.6) is 0 Å². The molecule has 0 saturated heterocycles. The second kappa shape index (κ2) is 5.91. The highest BCUT2D eigenvalue weighted by Crippen LogP contribution is 2.28. The summed E-state index contributed by atoms with van der Waals surface area (Å²) in [6.45, 7) is 6.47. The Kier molecular flexibility index (Phi) is 4.21. The number of nitrogens with zero attached hydrogens (tertiary/aromatic N) is 2. The van der Waals surface area contributed by atoms with Gasteiger partial charge in [-0.1, -0.05) is 44.2 Å². The van der Waals surface area contributed by atoms with Crippen molar-refractivity contribution in [3.8, 4) is 0 Å². The van der Waals surface area contributed by atoms with E-state index >= 15 is 0 Å². The highest BCUT2D eigenvalue weighted by Gasteiger charge is 2.23. The Morgan fingerprint density at radius 2 is 1.90 bits per heavy atom. The van der Waals surface area contributed by atoms with Crippen LogP contribution in [0.2, 0.25) is 0 Å². The zero-order valence-electron chi connectivity index (χ0n) is 12.5.